The molecule has 2 aliphatic heterocycles. The van der Waals surface area contributed by atoms with Crippen molar-refractivity contribution in [3.05, 3.63) is 35.9 Å². The zero-order valence-electron chi connectivity index (χ0n) is 12.7. The van der Waals surface area contributed by atoms with Crippen LogP contribution in [0.3, 0.4) is 0 Å². The summed E-state index contributed by atoms with van der Waals surface area (Å²) < 4.78 is 10.0. The Kier molecular flexibility index (Phi) is 4.18. The van der Waals surface area contributed by atoms with Gasteiger partial charge in [-0.2, -0.15) is 0 Å². The number of nitrogens with one attached hydrogen (secondary N) is 1. The molecule has 1 aromatic rings. The van der Waals surface area contributed by atoms with Crippen LogP contribution < -0.4 is 5.32 Å². The number of nitrogens with zero attached hydrogens (tertiary/aromatic N) is 1. The number of methoxy groups -OCH3 is 1. The molecular weight excluding hydrogens is 300 g/mol. The second kappa shape index (κ2) is 6.28. The van der Waals surface area contributed by atoms with E-state index in [0.29, 0.717) is 12.8 Å². The van der Waals surface area contributed by atoms with Crippen LogP contribution in [0.5, 0.6) is 0 Å². The monoisotopic (exact) mass is 318 g/mol. The van der Waals surface area contributed by atoms with Crippen LogP contribution >= 0.6 is 0 Å². The molecule has 7 nitrogen and oxygen atoms in total. The predicted molar refractivity (Wildman–Crippen MR) is 79.2 cm³/mol. The number of hydrogen-bond acceptors (Lipinski definition) is 5. The summed E-state index contributed by atoms with van der Waals surface area (Å²) in [5, 5.41) is 2.62. The third-order valence-corrected chi connectivity index (χ3v) is 4.29. The molecule has 0 saturated carbocycles. The van der Waals surface area contributed by atoms with E-state index in [0.717, 1.165) is 5.56 Å². The van der Waals surface area contributed by atoms with E-state index in [1.54, 1.807) is 0 Å². The number of hydrogen-bond donors (Lipinski definition) is 1. The van der Waals surface area contributed by atoms with Gasteiger partial charge in [0.15, 0.2) is 0 Å². The van der Waals surface area contributed by atoms with E-state index < -0.39 is 30.2 Å². The zero-order valence-corrected chi connectivity index (χ0v) is 12.7. The van der Waals surface area contributed by atoms with E-state index in [9.17, 15) is 14.4 Å². The Bertz CT molecular complexity index is 618. The van der Waals surface area contributed by atoms with Gasteiger partial charge in [0, 0.05) is 0 Å². The van der Waals surface area contributed by atoms with Crippen molar-refractivity contribution in [1.29, 1.82) is 0 Å². The third-order valence-electron chi connectivity index (χ3n) is 4.29. The Morgan fingerprint density at radius 3 is 2.70 bits per heavy atom. The van der Waals surface area contributed by atoms with Gasteiger partial charge in [0.25, 0.3) is 0 Å². The highest BCUT2D eigenvalue weighted by Crippen LogP contribution is 2.31. The number of benzene rings is 1. The average molecular weight is 318 g/mol. The van der Waals surface area contributed by atoms with E-state index in [-0.39, 0.29) is 12.5 Å². The highest BCUT2D eigenvalue weighted by Gasteiger charge is 2.52. The molecule has 2 fully saturated rings. The molecule has 1 N–H and O–H groups in total. The van der Waals surface area contributed by atoms with Crippen LogP contribution in [-0.2, 0) is 25.7 Å². The van der Waals surface area contributed by atoms with E-state index in [4.69, 9.17) is 9.47 Å². The summed E-state index contributed by atoms with van der Waals surface area (Å²) in [7, 11) is 1.26. The lowest BCUT2D eigenvalue weighted by atomic mass is 10.1. The number of rotatable bonds is 3. The second-order valence-corrected chi connectivity index (χ2v) is 5.62. The maximum Gasteiger partial charge on any atom is 0.411 e. The first-order valence-corrected chi connectivity index (χ1v) is 7.49. The normalized spacial score (nSPS) is 25.7. The standard InChI is InChI=1S/C16H18N2O5/c1-22-15(20)13-11-7-8-12(14(19)17-13)18(11)16(21)23-9-10-5-3-2-4-6-10/h2-6,11-13H,7-9H2,1H3,(H,17,19)/t11-,12+,13-/m1/s1. The fourth-order valence-corrected chi connectivity index (χ4v) is 3.17. The molecule has 0 unspecified atom stereocenters. The van der Waals surface area contributed by atoms with Gasteiger partial charge < -0.3 is 14.8 Å². The van der Waals surface area contributed by atoms with Crippen molar-refractivity contribution >= 4 is 18.0 Å². The minimum absolute atomic E-state index is 0.125. The van der Waals surface area contributed by atoms with E-state index in [1.807, 2.05) is 30.3 Å². The summed E-state index contributed by atoms with van der Waals surface area (Å²) in [5.41, 5.74) is 0.860. The first kappa shape index (κ1) is 15.3. The Labute approximate surface area is 133 Å². The number of carbonyl (C=O) groups excluding carboxylic acids is 3. The fourth-order valence-electron chi connectivity index (χ4n) is 3.17. The lowest BCUT2D eigenvalue weighted by molar-refractivity contribution is -0.149. The van der Waals surface area contributed by atoms with Crippen LogP contribution in [0.4, 0.5) is 4.79 Å². The number of piperazine rings is 1. The summed E-state index contributed by atoms with van der Waals surface area (Å²) in [5.74, 6) is -0.893. The molecule has 122 valence electrons. The van der Waals surface area contributed by atoms with Crippen molar-refractivity contribution < 1.29 is 23.9 Å². The number of esters is 1. The van der Waals surface area contributed by atoms with Gasteiger partial charge >= 0.3 is 12.1 Å². The maximum atomic E-state index is 12.4. The Hall–Kier alpha value is -2.57. The predicted octanol–water partition coefficient (Wildman–Crippen LogP) is 0.828. The smallest absolute Gasteiger partial charge is 0.411 e. The van der Waals surface area contributed by atoms with Crippen molar-refractivity contribution in [2.45, 2.75) is 37.6 Å². The van der Waals surface area contributed by atoms with Crippen molar-refractivity contribution in [2.24, 2.45) is 0 Å². The molecule has 2 heterocycles. The topological polar surface area (TPSA) is 84.9 Å². The number of fused-ring (bicyclic) bond motifs is 2. The van der Waals surface area contributed by atoms with Crippen LogP contribution in [0.25, 0.3) is 0 Å². The molecule has 7 heteroatoms. The van der Waals surface area contributed by atoms with E-state index in [2.05, 4.69) is 5.32 Å². The Balaban J connectivity index is 1.71. The molecule has 23 heavy (non-hydrogen) atoms. The third kappa shape index (κ3) is 2.86. The summed E-state index contributed by atoms with van der Waals surface area (Å²) >= 11 is 0. The van der Waals surface area contributed by atoms with Gasteiger partial charge in [-0.25, -0.2) is 9.59 Å². The SMILES string of the molecule is COC(=O)[C@@H]1NC(=O)[C@@H]2CC[C@H]1N2C(=O)OCc1ccccc1. The Morgan fingerprint density at radius 2 is 2.00 bits per heavy atom. The highest BCUT2D eigenvalue weighted by molar-refractivity contribution is 5.93. The van der Waals surface area contributed by atoms with Gasteiger partial charge in [-0.15, -0.1) is 0 Å². The minimum Gasteiger partial charge on any atom is -0.467 e. The summed E-state index contributed by atoms with van der Waals surface area (Å²) in [4.78, 5) is 37.7. The number of carbonyl (C=O) groups is 3. The number of ether oxygens (including phenoxy) is 2. The lowest BCUT2D eigenvalue weighted by Crippen LogP contribution is -2.65. The molecule has 0 radical (unpaired) electrons. The zero-order chi connectivity index (χ0) is 16.4. The Morgan fingerprint density at radius 1 is 1.26 bits per heavy atom. The fraction of sp³-hybridized carbons (Fsp3) is 0.438. The van der Waals surface area contributed by atoms with Crippen LogP contribution in [0.15, 0.2) is 30.3 Å². The molecule has 1 aromatic carbocycles. The molecule has 2 bridgehead atoms. The highest BCUT2D eigenvalue weighted by atomic mass is 16.6. The molecular formula is C16H18N2O5. The van der Waals surface area contributed by atoms with Crippen LogP contribution in [0, 0.1) is 0 Å². The molecule has 2 saturated heterocycles. The summed E-state index contributed by atoms with van der Waals surface area (Å²) in [6.45, 7) is 0.125. The van der Waals surface area contributed by atoms with Crippen LogP contribution in [0.2, 0.25) is 0 Å². The molecule has 3 atom stereocenters. The molecule has 3 rings (SSSR count). The molecule has 0 aliphatic carbocycles. The van der Waals surface area contributed by atoms with Gasteiger partial charge in [0.1, 0.15) is 18.7 Å². The number of amides is 2. The first-order chi connectivity index (χ1) is 11.1. The first-order valence-electron chi connectivity index (χ1n) is 7.49. The van der Waals surface area contributed by atoms with Gasteiger partial charge in [-0.3, -0.25) is 9.69 Å². The van der Waals surface area contributed by atoms with Crippen molar-refractivity contribution in [1.82, 2.24) is 10.2 Å². The van der Waals surface area contributed by atoms with Gasteiger partial charge in [0.2, 0.25) is 5.91 Å². The summed E-state index contributed by atoms with van der Waals surface area (Å²) in [6.07, 6.45) is 0.499. The second-order valence-electron chi connectivity index (χ2n) is 5.62. The lowest BCUT2D eigenvalue weighted by Gasteiger charge is -2.37. The molecule has 2 aliphatic rings. The molecule has 2 amide bonds. The van der Waals surface area contributed by atoms with Gasteiger partial charge in [0.05, 0.1) is 13.2 Å². The maximum absolute atomic E-state index is 12.4. The molecule has 0 aromatic heterocycles. The van der Waals surface area contributed by atoms with Crippen LogP contribution in [0.1, 0.15) is 18.4 Å². The minimum atomic E-state index is -0.837. The van der Waals surface area contributed by atoms with Gasteiger partial charge in [-0.05, 0) is 18.4 Å². The van der Waals surface area contributed by atoms with E-state index >= 15 is 0 Å². The van der Waals surface area contributed by atoms with Gasteiger partial charge in [-0.1, -0.05) is 30.3 Å². The average Bonchev–Trinajstić information content (AvgIpc) is 2.95. The van der Waals surface area contributed by atoms with E-state index in [1.165, 1.54) is 12.0 Å². The summed E-state index contributed by atoms with van der Waals surface area (Å²) in [6, 6.07) is 7.45. The van der Waals surface area contributed by atoms with Crippen molar-refractivity contribution in [2.75, 3.05) is 7.11 Å². The quantitative estimate of drug-likeness (QED) is 0.834. The van der Waals surface area contributed by atoms with Crippen molar-refractivity contribution in [3.63, 3.8) is 0 Å². The van der Waals surface area contributed by atoms with Crippen molar-refractivity contribution in [3.8, 4) is 0 Å². The molecule has 0 spiro atoms. The largest absolute Gasteiger partial charge is 0.467 e. The van der Waals surface area contributed by atoms with Crippen LogP contribution in [-0.4, -0.2) is 48.1 Å².